The smallest absolute Gasteiger partial charge is 0.305 e. The maximum atomic E-state index is 11.8. The van der Waals surface area contributed by atoms with Crippen LogP contribution in [0.3, 0.4) is 0 Å². The average Bonchev–Trinajstić information content (AvgIpc) is 2.71. The number of carbonyl (C=O) groups is 3. The number of hydrogen-bond donors (Lipinski definition) is 1. The van der Waals surface area contributed by atoms with Gasteiger partial charge in [-0.15, -0.1) is 0 Å². The Kier molecular flexibility index (Phi) is 8.95. The Morgan fingerprint density at radius 2 is 2.14 bits per heavy atom. The van der Waals surface area contributed by atoms with Gasteiger partial charge in [0.05, 0.1) is 7.11 Å². The van der Waals surface area contributed by atoms with E-state index in [1.165, 1.54) is 13.2 Å². The summed E-state index contributed by atoms with van der Waals surface area (Å²) in [6, 6.07) is 0. The molecule has 0 aromatic carbocycles. The lowest BCUT2D eigenvalue weighted by atomic mass is 10.2. The highest BCUT2D eigenvalue weighted by molar-refractivity contribution is 5.87. The van der Waals surface area contributed by atoms with Crippen LogP contribution in [0, 0.1) is 0 Å². The standard InChI is InChI=1S/C16H26N2O4/c1-22-16(21)10-6-2-4-8-14(19)17-11-13-18-12-7-3-5-9-15(18)20/h4,8H,2-3,5-7,9-13H2,1H3,(H,17,19)/b8-4-. The van der Waals surface area contributed by atoms with Crippen LogP contribution in [0.25, 0.3) is 0 Å². The van der Waals surface area contributed by atoms with Crippen LogP contribution in [0.15, 0.2) is 12.2 Å². The number of rotatable bonds is 8. The number of likely N-dealkylation sites (tertiary alicyclic amines) is 1. The normalized spacial score (nSPS) is 15.7. The Hall–Kier alpha value is -1.85. The number of unbranched alkanes of at least 4 members (excludes halogenated alkanes) is 1. The molecule has 0 unspecified atom stereocenters. The summed E-state index contributed by atoms with van der Waals surface area (Å²) in [6.45, 7) is 1.83. The van der Waals surface area contributed by atoms with E-state index in [1.807, 2.05) is 4.90 Å². The predicted molar refractivity (Wildman–Crippen MR) is 83.1 cm³/mol. The summed E-state index contributed by atoms with van der Waals surface area (Å²) in [7, 11) is 1.36. The number of hydrogen-bond acceptors (Lipinski definition) is 4. The molecular weight excluding hydrogens is 284 g/mol. The molecule has 1 fully saturated rings. The first kappa shape index (κ1) is 18.2. The molecule has 124 valence electrons. The minimum absolute atomic E-state index is 0.166. The number of ether oxygens (including phenoxy) is 1. The Balaban J connectivity index is 2.12. The zero-order valence-corrected chi connectivity index (χ0v) is 13.3. The molecule has 0 atom stereocenters. The van der Waals surface area contributed by atoms with Gasteiger partial charge >= 0.3 is 5.97 Å². The molecule has 0 spiro atoms. The third-order valence-electron chi connectivity index (χ3n) is 3.60. The largest absolute Gasteiger partial charge is 0.469 e. The lowest BCUT2D eigenvalue weighted by molar-refractivity contribution is -0.140. The highest BCUT2D eigenvalue weighted by Gasteiger charge is 2.15. The fraction of sp³-hybridized carbons (Fsp3) is 0.688. The van der Waals surface area contributed by atoms with Gasteiger partial charge in [0.25, 0.3) is 0 Å². The fourth-order valence-electron chi connectivity index (χ4n) is 2.30. The zero-order valence-electron chi connectivity index (χ0n) is 13.3. The Morgan fingerprint density at radius 1 is 1.32 bits per heavy atom. The van der Waals surface area contributed by atoms with Gasteiger partial charge in [-0.25, -0.2) is 0 Å². The van der Waals surface area contributed by atoms with Gasteiger partial charge in [0.2, 0.25) is 11.8 Å². The first-order valence-electron chi connectivity index (χ1n) is 7.92. The number of amides is 2. The van der Waals surface area contributed by atoms with E-state index in [0.717, 1.165) is 25.8 Å². The van der Waals surface area contributed by atoms with Gasteiger partial charge in [0.1, 0.15) is 0 Å². The van der Waals surface area contributed by atoms with Gasteiger partial charge in [-0.3, -0.25) is 14.4 Å². The molecule has 0 aliphatic carbocycles. The van der Waals surface area contributed by atoms with Crippen LogP contribution in [-0.4, -0.2) is 49.4 Å². The molecule has 0 radical (unpaired) electrons. The van der Waals surface area contributed by atoms with Crippen molar-refractivity contribution in [2.45, 2.75) is 44.9 Å². The van der Waals surface area contributed by atoms with Crippen molar-refractivity contribution in [1.29, 1.82) is 0 Å². The molecule has 1 heterocycles. The molecule has 0 aromatic rings. The second-order valence-corrected chi connectivity index (χ2v) is 5.35. The van der Waals surface area contributed by atoms with E-state index in [9.17, 15) is 14.4 Å². The molecule has 0 aromatic heterocycles. The second kappa shape index (κ2) is 10.8. The van der Waals surface area contributed by atoms with Crippen LogP contribution in [0.2, 0.25) is 0 Å². The maximum Gasteiger partial charge on any atom is 0.305 e. The van der Waals surface area contributed by atoms with Gasteiger partial charge in [-0.2, -0.15) is 0 Å². The van der Waals surface area contributed by atoms with E-state index >= 15 is 0 Å². The minimum Gasteiger partial charge on any atom is -0.469 e. The highest BCUT2D eigenvalue weighted by atomic mass is 16.5. The number of carbonyl (C=O) groups excluding carboxylic acids is 3. The molecule has 6 heteroatoms. The topological polar surface area (TPSA) is 75.7 Å². The third-order valence-corrected chi connectivity index (χ3v) is 3.60. The third kappa shape index (κ3) is 7.81. The summed E-state index contributed by atoms with van der Waals surface area (Å²) in [5.41, 5.74) is 0. The van der Waals surface area contributed by atoms with Crippen molar-refractivity contribution in [3.63, 3.8) is 0 Å². The van der Waals surface area contributed by atoms with E-state index in [1.54, 1.807) is 6.08 Å². The quantitative estimate of drug-likeness (QED) is 0.418. The van der Waals surface area contributed by atoms with E-state index in [0.29, 0.717) is 38.8 Å². The van der Waals surface area contributed by atoms with Crippen LogP contribution >= 0.6 is 0 Å². The highest BCUT2D eigenvalue weighted by Crippen LogP contribution is 2.10. The monoisotopic (exact) mass is 310 g/mol. The SMILES string of the molecule is COC(=O)CCC/C=C\C(=O)NCCN1CCCCCC1=O. The Bertz CT molecular complexity index is 407. The maximum absolute atomic E-state index is 11.8. The summed E-state index contributed by atoms with van der Waals surface area (Å²) in [6.07, 6.45) is 8.63. The lowest BCUT2D eigenvalue weighted by Gasteiger charge is -2.20. The summed E-state index contributed by atoms with van der Waals surface area (Å²) in [4.78, 5) is 36.1. The van der Waals surface area contributed by atoms with Gasteiger partial charge in [-0.1, -0.05) is 12.5 Å². The van der Waals surface area contributed by atoms with Crippen molar-refractivity contribution in [3.05, 3.63) is 12.2 Å². The lowest BCUT2D eigenvalue weighted by Crippen LogP contribution is -2.37. The second-order valence-electron chi connectivity index (χ2n) is 5.35. The zero-order chi connectivity index (χ0) is 16.2. The molecule has 1 N–H and O–H groups in total. The molecule has 1 saturated heterocycles. The van der Waals surface area contributed by atoms with Crippen LogP contribution in [0.5, 0.6) is 0 Å². The van der Waals surface area contributed by atoms with Crippen LogP contribution in [0.4, 0.5) is 0 Å². The van der Waals surface area contributed by atoms with Crippen molar-refractivity contribution in [2.24, 2.45) is 0 Å². The molecule has 22 heavy (non-hydrogen) atoms. The van der Waals surface area contributed by atoms with Gasteiger partial charge < -0.3 is 15.0 Å². The van der Waals surface area contributed by atoms with Crippen LogP contribution < -0.4 is 5.32 Å². The summed E-state index contributed by atoms with van der Waals surface area (Å²) in [5, 5.41) is 2.77. The average molecular weight is 310 g/mol. The first-order chi connectivity index (χ1) is 10.6. The van der Waals surface area contributed by atoms with E-state index in [4.69, 9.17) is 0 Å². The van der Waals surface area contributed by atoms with E-state index in [2.05, 4.69) is 10.1 Å². The van der Waals surface area contributed by atoms with Gasteiger partial charge in [-0.05, 0) is 31.8 Å². The number of nitrogens with zero attached hydrogens (tertiary/aromatic N) is 1. The summed E-state index contributed by atoms with van der Waals surface area (Å²) in [5.74, 6) is -0.217. The number of methoxy groups -OCH3 is 1. The Labute approximate surface area is 131 Å². The van der Waals surface area contributed by atoms with Crippen molar-refractivity contribution >= 4 is 17.8 Å². The van der Waals surface area contributed by atoms with Crippen molar-refractivity contribution < 1.29 is 19.1 Å². The van der Waals surface area contributed by atoms with Gasteiger partial charge in [0, 0.05) is 32.5 Å². The van der Waals surface area contributed by atoms with Crippen molar-refractivity contribution in [3.8, 4) is 0 Å². The fourth-order valence-corrected chi connectivity index (χ4v) is 2.30. The molecule has 6 nitrogen and oxygen atoms in total. The predicted octanol–water partition coefficient (Wildman–Crippen LogP) is 1.40. The summed E-state index contributed by atoms with van der Waals surface area (Å²) >= 11 is 0. The first-order valence-corrected chi connectivity index (χ1v) is 7.92. The molecular formula is C16H26N2O4. The molecule has 2 amide bonds. The van der Waals surface area contributed by atoms with Crippen molar-refractivity contribution in [1.82, 2.24) is 10.2 Å². The number of nitrogens with one attached hydrogen (secondary N) is 1. The molecule has 0 saturated carbocycles. The van der Waals surface area contributed by atoms with Crippen LogP contribution in [-0.2, 0) is 19.1 Å². The van der Waals surface area contributed by atoms with Crippen molar-refractivity contribution in [2.75, 3.05) is 26.7 Å². The van der Waals surface area contributed by atoms with Gasteiger partial charge in [0.15, 0.2) is 0 Å². The molecule has 1 rings (SSSR count). The number of esters is 1. The van der Waals surface area contributed by atoms with E-state index in [-0.39, 0.29) is 17.8 Å². The molecule has 1 aliphatic rings. The molecule has 0 bridgehead atoms. The number of allylic oxidation sites excluding steroid dienone is 1. The van der Waals surface area contributed by atoms with E-state index < -0.39 is 0 Å². The van der Waals surface area contributed by atoms with Crippen LogP contribution in [0.1, 0.15) is 44.9 Å². The molecule has 1 aliphatic heterocycles. The summed E-state index contributed by atoms with van der Waals surface area (Å²) < 4.78 is 4.53. The minimum atomic E-state index is -0.236. The Morgan fingerprint density at radius 3 is 2.91 bits per heavy atom.